The van der Waals surface area contributed by atoms with Gasteiger partial charge in [0.15, 0.2) is 0 Å². The molecule has 0 saturated heterocycles. The van der Waals surface area contributed by atoms with Gasteiger partial charge in [-0.05, 0) is 46.5 Å². The number of aromatic nitrogens is 2. The number of fused-ring (bicyclic) bond motifs is 1. The number of benzene rings is 1. The maximum absolute atomic E-state index is 11.2. The number of hydrogen-bond donors (Lipinski definition) is 3. The largest absolute Gasteiger partial charge is 0.384 e. The van der Waals surface area contributed by atoms with Crippen molar-refractivity contribution in [2.45, 2.75) is 13.0 Å². The average Bonchev–Trinajstić information content (AvgIpc) is 2.91. The van der Waals surface area contributed by atoms with Gasteiger partial charge in [-0.25, -0.2) is 4.79 Å². The van der Waals surface area contributed by atoms with E-state index in [9.17, 15) is 9.90 Å². The highest BCUT2D eigenvalue weighted by atomic mass is 32.1. The van der Waals surface area contributed by atoms with Gasteiger partial charge in [0.2, 0.25) is 0 Å². The molecule has 18 heavy (non-hydrogen) atoms. The molecule has 0 aliphatic heterocycles. The summed E-state index contributed by atoms with van der Waals surface area (Å²) in [5.74, 6) is 0. The normalized spacial score (nSPS) is 13.0. The molecule has 92 valence electrons. The fourth-order valence-electron chi connectivity index (χ4n) is 2.05. The third-order valence-corrected chi connectivity index (χ3v) is 3.93. The number of aliphatic hydroxyl groups is 1. The van der Waals surface area contributed by atoms with E-state index in [2.05, 4.69) is 9.97 Å². The first-order valence-electron chi connectivity index (χ1n) is 5.58. The Bertz CT molecular complexity index is 754. The molecule has 1 atom stereocenters. The molecular weight excluding hydrogens is 248 g/mol. The monoisotopic (exact) mass is 260 g/mol. The fourth-order valence-corrected chi connectivity index (χ4v) is 2.92. The zero-order valence-corrected chi connectivity index (χ0v) is 10.5. The SMILES string of the molecule is Cc1cscc1C(O)c1ccc2[nH]c(=O)[nH]c2c1. The number of rotatable bonds is 2. The molecule has 0 aliphatic carbocycles. The molecule has 0 spiro atoms. The van der Waals surface area contributed by atoms with Crippen LogP contribution in [0.15, 0.2) is 33.8 Å². The summed E-state index contributed by atoms with van der Waals surface area (Å²) in [6.45, 7) is 1.98. The van der Waals surface area contributed by atoms with Gasteiger partial charge in [-0.1, -0.05) is 6.07 Å². The first kappa shape index (κ1) is 11.3. The Morgan fingerprint density at radius 3 is 2.72 bits per heavy atom. The van der Waals surface area contributed by atoms with E-state index in [4.69, 9.17) is 0 Å². The van der Waals surface area contributed by atoms with Crippen molar-refractivity contribution in [3.05, 3.63) is 56.1 Å². The van der Waals surface area contributed by atoms with Crippen LogP contribution < -0.4 is 5.69 Å². The molecule has 2 aromatic heterocycles. The van der Waals surface area contributed by atoms with Crippen LogP contribution in [-0.2, 0) is 0 Å². The number of imidazole rings is 1. The first-order valence-corrected chi connectivity index (χ1v) is 6.52. The number of H-pyrrole nitrogens is 2. The maximum Gasteiger partial charge on any atom is 0.323 e. The van der Waals surface area contributed by atoms with Crippen LogP contribution in [0.4, 0.5) is 0 Å². The highest BCUT2D eigenvalue weighted by molar-refractivity contribution is 7.08. The van der Waals surface area contributed by atoms with Crippen molar-refractivity contribution in [1.82, 2.24) is 9.97 Å². The predicted octanol–water partition coefficient (Wildman–Crippen LogP) is 2.31. The molecule has 0 saturated carbocycles. The molecule has 0 fully saturated rings. The summed E-state index contributed by atoms with van der Waals surface area (Å²) in [4.78, 5) is 16.6. The van der Waals surface area contributed by atoms with Gasteiger partial charge in [0.05, 0.1) is 11.0 Å². The molecule has 3 aromatic rings. The Labute approximate surface area is 107 Å². The average molecular weight is 260 g/mol. The summed E-state index contributed by atoms with van der Waals surface area (Å²) in [6, 6.07) is 5.43. The lowest BCUT2D eigenvalue weighted by Crippen LogP contribution is -2.00. The van der Waals surface area contributed by atoms with E-state index in [1.165, 1.54) is 0 Å². The molecule has 0 radical (unpaired) electrons. The Morgan fingerprint density at radius 2 is 2.00 bits per heavy atom. The van der Waals surface area contributed by atoms with E-state index in [0.29, 0.717) is 5.52 Å². The van der Waals surface area contributed by atoms with Crippen LogP contribution in [0.1, 0.15) is 22.8 Å². The summed E-state index contributed by atoms with van der Waals surface area (Å²) in [5.41, 5.74) is 4.00. The van der Waals surface area contributed by atoms with Crippen LogP contribution >= 0.6 is 11.3 Å². The summed E-state index contributed by atoms with van der Waals surface area (Å²) >= 11 is 1.57. The van der Waals surface area contributed by atoms with E-state index in [1.807, 2.05) is 23.8 Å². The van der Waals surface area contributed by atoms with Crippen molar-refractivity contribution in [2.75, 3.05) is 0 Å². The van der Waals surface area contributed by atoms with Crippen LogP contribution in [-0.4, -0.2) is 15.1 Å². The predicted molar refractivity (Wildman–Crippen MR) is 72.0 cm³/mol. The quantitative estimate of drug-likeness (QED) is 0.661. The number of nitrogens with one attached hydrogen (secondary N) is 2. The number of aliphatic hydroxyl groups excluding tert-OH is 1. The third-order valence-electron chi connectivity index (χ3n) is 3.05. The lowest BCUT2D eigenvalue weighted by molar-refractivity contribution is 0.220. The molecule has 1 unspecified atom stereocenters. The Hall–Kier alpha value is -1.85. The molecule has 0 amide bonds. The van der Waals surface area contributed by atoms with Gasteiger partial charge < -0.3 is 15.1 Å². The Balaban J connectivity index is 2.09. The van der Waals surface area contributed by atoms with E-state index in [-0.39, 0.29) is 5.69 Å². The molecule has 0 bridgehead atoms. The summed E-state index contributed by atoms with van der Waals surface area (Å²) in [5, 5.41) is 14.3. The van der Waals surface area contributed by atoms with Crippen LogP contribution in [0.5, 0.6) is 0 Å². The molecule has 5 heteroatoms. The highest BCUT2D eigenvalue weighted by Gasteiger charge is 2.14. The van der Waals surface area contributed by atoms with Crippen molar-refractivity contribution in [3.63, 3.8) is 0 Å². The minimum absolute atomic E-state index is 0.233. The summed E-state index contributed by atoms with van der Waals surface area (Å²) in [7, 11) is 0. The zero-order valence-electron chi connectivity index (χ0n) is 9.73. The molecular formula is C13H12N2O2S. The lowest BCUT2D eigenvalue weighted by Gasteiger charge is -2.10. The minimum atomic E-state index is -0.654. The fraction of sp³-hybridized carbons (Fsp3) is 0.154. The number of hydrogen-bond acceptors (Lipinski definition) is 3. The lowest BCUT2D eigenvalue weighted by atomic mass is 10.0. The molecule has 3 N–H and O–H groups in total. The van der Waals surface area contributed by atoms with Gasteiger partial charge in [0.25, 0.3) is 0 Å². The zero-order chi connectivity index (χ0) is 12.7. The highest BCUT2D eigenvalue weighted by Crippen LogP contribution is 2.28. The minimum Gasteiger partial charge on any atom is -0.384 e. The van der Waals surface area contributed by atoms with Gasteiger partial charge in [-0.2, -0.15) is 11.3 Å². The number of aryl methyl sites for hydroxylation is 1. The second kappa shape index (κ2) is 4.12. The summed E-state index contributed by atoms with van der Waals surface area (Å²) in [6.07, 6.45) is -0.654. The van der Waals surface area contributed by atoms with Crippen molar-refractivity contribution in [1.29, 1.82) is 0 Å². The molecule has 3 rings (SSSR count). The molecule has 1 aromatic carbocycles. The van der Waals surface area contributed by atoms with E-state index in [0.717, 1.165) is 22.2 Å². The van der Waals surface area contributed by atoms with Gasteiger partial charge in [-0.3, -0.25) is 0 Å². The van der Waals surface area contributed by atoms with Gasteiger partial charge in [0, 0.05) is 0 Å². The van der Waals surface area contributed by atoms with Crippen molar-refractivity contribution in [3.8, 4) is 0 Å². The molecule has 0 aliphatic rings. The second-order valence-electron chi connectivity index (χ2n) is 4.30. The number of thiophene rings is 1. The maximum atomic E-state index is 11.2. The third kappa shape index (κ3) is 1.77. The van der Waals surface area contributed by atoms with Crippen LogP contribution in [0.2, 0.25) is 0 Å². The Morgan fingerprint density at radius 1 is 1.22 bits per heavy atom. The van der Waals surface area contributed by atoms with E-state index < -0.39 is 6.10 Å². The van der Waals surface area contributed by atoms with Gasteiger partial charge in [0.1, 0.15) is 6.10 Å². The van der Waals surface area contributed by atoms with Crippen molar-refractivity contribution < 1.29 is 5.11 Å². The topological polar surface area (TPSA) is 68.9 Å². The molecule has 2 heterocycles. The van der Waals surface area contributed by atoms with Gasteiger partial charge in [-0.15, -0.1) is 0 Å². The van der Waals surface area contributed by atoms with Crippen molar-refractivity contribution >= 4 is 22.4 Å². The van der Waals surface area contributed by atoms with E-state index >= 15 is 0 Å². The van der Waals surface area contributed by atoms with Crippen LogP contribution in [0.25, 0.3) is 11.0 Å². The second-order valence-corrected chi connectivity index (χ2v) is 5.04. The van der Waals surface area contributed by atoms with Crippen LogP contribution in [0, 0.1) is 6.92 Å². The Kier molecular flexibility index (Phi) is 2.57. The standard InChI is InChI=1S/C13H12N2O2S/c1-7-5-18-6-9(7)12(16)8-2-3-10-11(4-8)15-13(17)14-10/h2-6,12,16H,1H3,(H2,14,15,17). The van der Waals surface area contributed by atoms with Gasteiger partial charge >= 0.3 is 5.69 Å². The van der Waals surface area contributed by atoms with Crippen molar-refractivity contribution in [2.24, 2.45) is 0 Å². The summed E-state index contributed by atoms with van der Waals surface area (Å²) < 4.78 is 0. The first-order chi connectivity index (χ1) is 8.65. The van der Waals surface area contributed by atoms with Crippen LogP contribution in [0.3, 0.4) is 0 Å². The molecule has 4 nitrogen and oxygen atoms in total. The van der Waals surface area contributed by atoms with E-state index in [1.54, 1.807) is 23.5 Å². The number of aromatic amines is 2. The smallest absolute Gasteiger partial charge is 0.323 e.